The first kappa shape index (κ1) is 17.7. The maximum absolute atomic E-state index is 12.1. The molecule has 2 aromatic carbocycles. The van der Waals surface area contributed by atoms with Crippen molar-refractivity contribution in [3.63, 3.8) is 0 Å². The third kappa shape index (κ3) is 4.51. The maximum atomic E-state index is 12.1. The van der Waals surface area contributed by atoms with Crippen molar-refractivity contribution in [1.29, 1.82) is 0 Å². The monoisotopic (exact) mass is 349 g/mol. The van der Waals surface area contributed by atoms with E-state index in [2.05, 4.69) is 16.4 Å². The van der Waals surface area contributed by atoms with Crippen LogP contribution in [0, 0.1) is 6.92 Å². The van der Waals surface area contributed by atoms with Crippen LogP contribution in [0.15, 0.2) is 61.2 Å². The minimum atomic E-state index is 0.0529. The van der Waals surface area contributed by atoms with Crippen LogP contribution in [0.3, 0.4) is 0 Å². The van der Waals surface area contributed by atoms with E-state index >= 15 is 0 Å². The Morgan fingerprint density at radius 2 is 1.92 bits per heavy atom. The summed E-state index contributed by atoms with van der Waals surface area (Å²) >= 11 is 0. The molecule has 3 rings (SSSR count). The van der Waals surface area contributed by atoms with Gasteiger partial charge in [0.1, 0.15) is 5.75 Å². The number of nitrogens with one attached hydrogen (secondary N) is 1. The van der Waals surface area contributed by atoms with Gasteiger partial charge >= 0.3 is 0 Å². The van der Waals surface area contributed by atoms with Gasteiger partial charge in [-0.15, -0.1) is 0 Å². The molecule has 1 N–H and O–H groups in total. The van der Waals surface area contributed by atoms with E-state index in [-0.39, 0.29) is 5.91 Å². The summed E-state index contributed by atoms with van der Waals surface area (Å²) in [6.45, 7) is 2.54. The van der Waals surface area contributed by atoms with Crippen molar-refractivity contribution in [1.82, 2.24) is 14.9 Å². The number of ether oxygens (including phenoxy) is 1. The van der Waals surface area contributed by atoms with Crippen LogP contribution in [0.5, 0.6) is 5.75 Å². The molecule has 1 amide bonds. The highest BCUT2D eigenvalue weighted by Crippen LogP contribution is 2.19. The second-order valence-corrected chi connectivity index (χ2v) is 6.22. The van der Waals surface area contributed by atoms with Gasteiger partial charge in [-0.2, -0.15) is 0 Å². The molecule has 26 heavy (non-hydrogen) atoms. The second-order valence-electron chi connectivity index (χ2n) is 6.22. The Morgan fingerprint density at radius 1 is 1.15 bits per heavy atom. The van der Waals surface area contributed by atoms with Crippen LogP contribution in [0.4, 0.5) is 0 Å². The Bertz CT molecular complexity index is 855. The Labute approximate surface area is 153 Å². The van der Waals surface area contributed by atoms with Crippen molar-refractivity contribution in [2.75, 3.05) is 7.11 Å². The number of aromatic nitrogens is 2. The number of hydrogen-bond acceptors (Lipinski definition) is 3. The first-order valence-electron chi connectivity index (χ1n) is 8.63. The highest BCUT2D eigenvalue weighted by Gasteiger charge is 2.05. The Balaban J connectivity index is 1.47. The first-order chi connectivity index (χ1) is 12.7. The predicted molar refractivity (Wildman–Crippen MR) is 101 cm³/mol. The molecule has 0 spiro atoms. The standard InChI is InChI=1S/C21H23N3O2/c1-16-13-17(5-9-20(16)26-2)6-10-21(25)23-14-18-3-7-19(8-4-18)24-12-11-22-15-24/h3-5,7-9,11-13,15H,6,10,14H2,1-2H3,(H,23,25). The number of carbonyl (C=O) groups is 1. The van der Waals surface area contributed by atoms with Crippen molar-refractivity contribution in [3.8, 4) is 11.4 Å². The molecule has 0 aliphatic carbocycles. The first-order valence-corrected chi connectivity index (χ1v) is 8.63. The van der Waals surface area contributed by atoms with E-state index in [1.807, 2.05) is 54.1 Å². The smallest absolute Gasteiger partial charge is 0.220 e. The van der Waals surface area contributed by atoms with Gasteiger partial charge in [-0.1, -0.05) is 24.3 Å². The third-order valence-corrected chi connectivity index (χ3v) is 4.33. The molecule has 0 aliphatic rings. The van der Waals surface area contributed by atoms with Gasteiger partial charge in [0.05, 0.1) is 13.4 Å². The Kier molecular flexibility index (Phi) is 5.69. The Hall–Kier alpha value is -3.08. The van der Waals surface area contributed by atoms with Crippen molar-refractivity contribution >= 4 is 5.91 Å². The van der Waals surface area contributed by atoms with Gasteiger partial charge in [0.2, 0.25) is 5.91 Å². The van der Waals surface area contributed by atoms with Crippen LogP contribution in [-0.4, -0.2) is 22.6 Å². The molecule has 0 unspecified atom stereocenters. The fourth-order valence-corrected chi connectivity index (χ4v) is 2.84. The average Bonchev–Trinajstić information content (AvgIpc) is 3.20. The summed E-state index contributed by atoms with van der Waals surface area (Å²) in [4.78, 5) is 16.1. The summed E-state index contributed by atoms with van der Waals surface area (Å²) in [5, 5.41) is 2.98. The van der Waals surface area contributed by atoms with Crippen molar-refractivity contribution in [2.24, 2.45) is 0 Å². The summed E-state index contributed by atoms with van der Waals surface area (Å²) in [5.41, 5.74) is 4.35. The lowest BCUT2D eigenvalue weighted by Crippen LogP contribution is -2.23. The molecule has 134 valence electrons. The largest absolute Gasteiger partial charge is 0.496 e. The van der Waals surface area contributed by atoms with E-state index in [0.29, 0.717) is 13.0 Å². The summed E-state index contributed by atoms with van der Waals surface area (Å²) in [6, 6.07) is 14.1. The topological polar surface area (TPSA) is 56.1 Å². The number of rotatable bonds is 7. The zero-order valence-electron chi connectivity index (χ0n) is 15.1. The van der Waals surface area contributed by atoms with Gasteiger partial charge in [-0.3, -0.25) is 4.79 Å². The van der Waals surface area contributed by atoms with Gasteiger partial charge in [0, 0.05) is 31.0 Å². The van der Waals surface area contributed by atoms with E-state index in [4.69, 9.17) is 4.74 Å². The second kappa shape index (κ2) is 8.34. The lowest BCUT2D eigenvalue weighted by Gasteiger charge is -2.09. The third-order valence-electron chi connectivity index (χ3n) is 4.33. The molecule has 0 aliphatic heterocycles. The molecule has 5 heteroatoms. The maximum Gasteiger partial charge on any atom is 0.220 e. The van der Waals surface area contributed by atoms with Crippen LogP contribution < -0.4 is 10.1 Å². The van der Waals surface area contributed by atoms with Gasteiger partial charge < -0.3 is 14.6 Å². The fraction of sp³-hybridized carbons (Fsp3) is 0.238. The van der Waals surface area contributed by atoms with Crippen LogP contribution in [0.25, 0.3) is 5.69 Å². The van der Waals surface area contributed by atoms with E-state index in [1.165, 1.54) is 0 Å². The van der Waals surface area contributed by atoms with Gasteiger partial charge in [0.15, 0.2) is 0 Å². The fourth-order valence-electron chi connectivity index (χ4n) is 2.84. The van der Waals surface area contributed by atoms with Crippen molar-refractivity contribution < 1.29 is 9.53 Å². The lowest BCUT2D eigenvalue weighted by atomic mass is 10.1. The number of methoxy groups -OCH3 is 1. The Morgan fingerprint density at radius 3 is 2.58 bits per heavy atom. The average molecular weight is 349 g/mol. The van der Waals surface area contributed by atoms with E-state index in [1.54, 1.807) is 19.6 Å². The van der Waals surface area contributed by atoms with Crippen molar-refractivity contribution in [2.45, 2.75) is 26.3 Å². The number of benzene rings is 2. The number of amides is 1. The van der Waals surface area contributed by atoms with Gasteiger partial charge in [-0.05, 0) is 48.2 Å². The minimum Gasteiger partial charge on any atom is -0.496 e. The summed E-state index contributed by atoms with van der Waals surface area (Å²) in [7, 11) is 1.66. The molecule has 1 aromatic heterocycles. The highest BCUT2D eigenvalue weighted by molar-refractivity contribution is 5.76. The molecular weight excluding hydrogens is 326 g/mol. The minimum absolute atomic E-state index is 0.0529. The normalized spacial score (nSPS) is 10.5. The van der Waals surface area contributed by atoms with Crippen LogP contribution in [0.1, 0.15) is 23.1 Å². The number of aryl methyl sites for hydroxylation is 2. The van der Waals surface area contributed by atoms with E-state index < -0.39 is 0 Å². The molecule has 0 bridgehead atoms. The van der Waals surface area contributed by atoms with E-state index in [9.17, 15) is 4.79 Å². The number of hydrogen-bond donors (Lipinski definition) is 1. The highest BCUT2D eigenvalue weighted by atomic mass is 16.5. The van der Waals surface area contributed by atoms with Crippen LogP contribution in [-0.2, 0) is 17.8 Å². The molecule has 0 saturated carbocycles. The summed E-state index contributed by atoms with van der Waals surface area (Å²) in [6.07, 6.45) is 6.60. The molecule has 1 heterocycles. The lowest BCUT2D eigenvalue weighted by molar-refractivity contribution is -0.121. The van der Waals surface area contributed by atoms with E-state index in [0.717, 1.165) is 34.5 Å². The summed E-state index contributed by atoms with van der Waals surface area (Å²) < 4.78 is 7.20. The molecule has 0 fully saturated rings. The number of nitrogens with zero attached hydrogens (tertiary/aromatic N) is 2. The van der Waals surface area contributed by atoms with Crippen LogP contribution in [0.2, 0.25) is 0 Å². The van der Waals surface area contributed by atoms with Crippen molar-refractivity contribution in [3.05, 3.63) is 77.9 Å². The molecule has 3 aromatic rings. The molecule has 0 saturated heterocycles. The van der Waals surface area contributed by atoms with Gasteiger partial charge in [0.25, 0.3) is 0 Å². The van der Waals surface area contributed by atoms with Gasteiger partial charge in [-0.25, -0.2) is 4.98 Å². The van der Waals surface area contributed by atoms with Crippen LogP contribution >= 0.6 is 0 Å². The zero-order chi connectivity index (χ0) is 18.4. The zero-order valence-corrected chi connectivity index (χ0v) is 15.1. The molecule has 0 atom stereocenters. The number of imidazole rings is 1. The molecule has 0 radical (unpaired) electrons. The SMILES string of the molecule is COc1ccc(CCC(=O)NCc2ccc(-n3ccnc3)cc2)cc1C. The molecule has 5 nitrogen and oxygen atoms in total. The quantitative estimate of drug-likeness (QED) is 0.711. The predicted octanol–water partition coefficient (Wildman–Crippen LogP) is 3.44. The number of carbonyl (C=O) groups excluding carboxylic acids is 1. The summed E-state index contributed by atoms with van der Waals surface area (Å²) in [5.74, 6) is 0.925. The molecular formula is C21H23N3O2.